The topological polar surface area (TPSA) is 35.5 Å². The molecule has 3 aromatic rings. The average Bonchev–Trinajstić information content (AvgIpc) is 3.36. The number of esters is 1. The summed E-state index contributed by atoms with van der Waals surface area (Å²) in [5, 5.41) is 0. The molecule has 1 aliphatic carbocycles. The highest BCUT2D eigenvalue weighted by atomic mass is 19.4. The van der Waals surface area contributed by atoms with Gasteiger partial charge in [-0.05, 0) is 46.7 Å². The van der Waals surface area contributed by atoms with Gasteiger partial charge in [-0.25, -0.2) is 0 Å². The van der Waals surface area contributed by atoms with Crippen LogP contribution in [0.25, 0.3) is 5.57 Å². The van der Waals surface area contributed by atoms with Crippen molar-refractivity contribution in [3.63, 3.8) is 0 Å². The number of benzene rings is 3. The van der Waals surface area contributed by atoms with Crippen molar-refractivity contribution in [2.75, 3.05) is 0 Å². The summed E-state index contributed by atoms with van der Waals surface area (Å²) in [6.45, 7) is 3.58. The first-order valence-electron chi connectivity index (χ1n) is 11.0. The largest absolute Gasteiger partial charge is 0.461 e. The maximum atomic E-state index is 13.7. The van der Waals surface area contributed by atoms with Gasteiger partial charge in [-0.3, -0.25) is 4.79 Å². The van der Waals surface area contributed by atoms with E-state index in [9.17, 15) is 18.0 Å². The third kappa shape index (κ3) is 5.33. The van der Waals surface area contributed by atoms with Gasteiger partial charge in [-0.2, -0.15) is 13.2 Å². The summed E-state index contributed by atoms with van der Waals surface area (Å²) in [6.07, 6.45) is -3.34. The van der Waals surface area contributed by atoms with E-state index in [0.717, 1.165) is 5.56 Å². The minimum atomic E-state index is -4.52. The van der Waals surface area contributed by atoms with Crippen molar-refractivity contribution in [1.82, 2.24) is 0 Å². The van der Waals surface area contributed by atoms with Crippen molar-refractivity contribution in [3.05, 3.63) is 102 Å². The molecule has 1 aliphatic rings. The summed E-state index contributed by atoms with van der Waals surface area (Å²) in [5.74, 6) is -0.424. The standard InChI is InChI=1S/C28H25F3O3/c1-27(2)24(17-23(28(29,30)31)20-11-5-3-6-12-20)25(27)26(32)33-18-19-10-9-15-22(16-19)34-21-13-7-4-8-14-21/h3-17,24-25H,18H2,1-2H3. The molecule has 0 amide bonds. The molecule has 0 aliphatic heterocycles. The molecule has 1 fully saturated rings. The predicted octanol–water partition coefficient (Wildman–Crippen LogP) is 7.44. The van der Waals surface area contributed by atoms with E-state index in [-0.39, 0.29) is 12.2 Å². The Morgan fingerprint density at radius 2 is 1.53 bits per heavy atom. The van der Waals surface area contributed by atoms with E-state index in [4.69, 9.17) is 9.47 Å². The van der Waals surface area contributed by atoms with E-state index in [1.165, 1.54) is 18.2 Å². The molecule has 2 atom stereocenters. The minimum absolute atomic E-state index is 0.0126. The monoisotopic (exact) mass is 466 g/mol. The van der Waals surface area contributed by atoms with E-state index >= 15 is 0 Å². The maximum absolute atomic E-state index is 13.7. The Morgan fingerprint density at radius 3 is 2.18 bits per heavy atom. The molecule has 0 radical (unpaired) electrons. The van der Waals surface area contributed by atoms with Gasteiger partial charge in [0.2, 0.25) is 0 Å². The molecule has 0 heterocycles. The lowest BCUT2D eigenvalue weighted by molar-refractivity contribution is -0.147. The first-order chi connectivity index (χ1) is 16.2. The van der Waals surface area contributed by atoms with E-state index in [2.05, 4.69) is 0 Å². The number of hydrogen-bond acceptors (Lipinski definition) is 3. The van der Waals surface area contributed by atoms with Gasteiger partial charge >= 0.3 is 12.1 Å². The smallest absolute Gasteiger partial charge is 0.416 e. The quantitative estimate of drug-likeness (QED) is 0.340. The van der Waals surface area contributed by atoms with Gasteiger partial charge in [0.05, 0.1) is 11.5 Å². The van der Waals surface area contributed by atoms with Crippen LogP contribution >= 0.6 is 0 Å². The summed E-state index contributed by atoms with van der Waals surface area (Å²) >= 11 is 0. The lowest BCUT2D eigenvalue weighted by Crippen LogP contribution is -2.12. The third-order valence-corrected chi connectivity index (χ3v) is 6.16. The summed E-state index contributed by atoms with van der Waals surface area (Å²) in [4.78, 5) is 12.8. The number of carbonyl (C=O) groups is 1. The number of hydrogen-bond donors (Lipinski definition) is 0. The maximum Gasteiger partial charge on any atom is 0.416 e. The predicted molar refractivity (Wildman–Crippen MR) is 124 cm³/mol. The highest BCUT2D eigenvalue weighted by molar-refractivity contribution is 5.80. The van der Waals surface area contributed by atoms with Crippen LogP contribution in [0.15, 0.2) is 91.0 Å². The molecule has 0 spiro atoms. The number of ether oxygens (including phenoxy) is 2. The number of alkyl halides is 3. The van der Waals surface area contributed by atoms with Gasteiger partial charge in [0, 0.05) is 0 Å². The van der Waals surface area contributed by atoms with Crippen molar-refractivity contribution in [2.24, 2.45) is 17.3 Å². The molecule has 34 heavy (non-hydrogen) atoms. The fourth-order valence-electron chi connectivity index (χ4n) is 4.16. The minimum Gasteiger partial charge on any atom is -0.461 e. The molecule has 0 aromatic heterocycles. The molecule has 6 heteroatoms. The van der Waals surface area contributed by atoms with Crippen molar-refractivity contribution >= 4 is 11.5 Å². The van der Waals surface area contributed by atoms with Crippen molar-refractivity contribution in [1.29, 1.82) is 0 Å². The number of rotatable bonds is 7. The van der Waals surface area contributed by atoms with Crippen LogP contribution in [0.2, 0.25) is 0 Å². The normalized spacial score (nSPS) is 19.4. The van der Waals surface area contributed by atoms with Gasteiger partial charge < -0.3 is 9.47 Å². The first kappa shape index (κ1) is 23.6. The van der Waals surface area contributed by atoms with Crippen LogP contribution in [0.1, 0.15) is 25.0 Å². The number of carbonyl (C=O) groups excluding carboxylic acids is 1. The molecule has 0 N–H and O–H groups in total. The highest BCUT2D eigenvalue weighted by Gasteiger charge is 2.62. The van der Waals surface area contributed by atoms with Crippen molar-refractivity contribution in [2.45, 2.75) is 26.6 Å². The molecule has 0 bridgehead atoms. The van der Waals surface area contributed by atoms with E-state index < -0.39 is 35.0 Å². The summed E-state index contributed by atoms with van der Waals surface area (Å²) in [7, 11) is 0. The van der Waals surface area contributed by atoms with Crippen molar-refractivity contribution in [3.8, 4) is 11.5 Å². The zero-order chi connectivity index (χ0) is 24.3. The van der Waals surface area contributed by atoms with E-state index in [0.29, 0.717) is 11.5 Å². The fourth-order valence-corrected chi connectivity index (χ4v) is 4.16. The third-order valence-electron chi connectivity index (χ3n) is 6.16. The van der Waals surface area contributed by atoms with Crippen LogP contribution in [0.5, 0.6) is 11.5 Å². The van der Waals surface area contributed by atoms with Gasteiger partial charge in [0.25, 0.3) is 0 Å². The molecule has 0 saturated heterocycles. The van der Waals surface area contributed by atoms with Gasteiger partial charge in [-0.15, -0.1) is 0 Å². The second-order valence-electron chi connectivity index (χ2n) is 8.94. The first-order valence-corrected chi connectivity index (χ1v) is 11.0. The Hall–Kier alpha value is -3.54. The second-order valence-corrected chi connectivity index (χ2v) is 8.94. The Kier molecular flexibility index (Phi) is 6.51. The molecule has 3 nitrogen and oxygen atoms in total. The molecular weight excluding hydrogens is 441 g/mol. The number of allylic oxidation sites excluding steroid dienone is 2. The molecular formula is C28H25F3O3. The van der Waals surface area contributed by atoms with Gasteiger partial charge in [-0.1, -0.05) is 80.6 Å². The van der Waals surface area contributed by atoms with E-state index in [1.54, 1.807) is 56.3 Å². The SMILES string of the molecule is CC1(C)C(C=C(c2ccccc2)C(F)(F)F)C1C(=O)OCc1cccc(Oc2ccccc2)c1. The Bertz CT molecular complexity index is 1170. The lowest BCUT2D eigenvalue weighted by Gasteiger charge is -2.12. The second kappa shape index (κ2) is 9.37. The van der Waals surface area contributed by atoms with Crippen LogP contribution in [0.4, 0.5) is 13.2 Å². The van der Waals surface area contributed by atoms with Crippen LogP contribution < -0.4 is 4.74 Å². The Balaban J connectivity index is 1.44. The molecule has 1 saturated carbocycles. The number of para-hydroxylation sites is 1. The van der Waals surface area contributed by atoms with Gasteiger partial charge in [0.15, 0.2) is 0 Å². The zero-order valence-corrected chi connectivity index (χ0v) is 18.9. The molecule has 2 unspecified atom stereocenters. The van der Waals surface area contributed by atoms with Crippen LogP contribution in [-0.4, -0.2) is 12.1 Å². The fraction of sp³-hybridized carbons (Fsp3) is 0.250. The zero-order valence-electron chi connectivity index (χ0n) is 18.9. The lowest BCUT2D eigenvalue weighted by atomic mass is 10.0. The van der Waals surface area contributed by atoms with Crippen LogP contribution in [0, 0.1) is 17.3 Å². The molecule has 3 aromatic carbocycles. The van der Waals surface area contributed by atoms with Crippen molar-refractivity contribution < 1.29 is 27.4 Å². The summed E-state index contributed by atoms with van der Waals surface area (Å²) in [5.41, 5.74) is -0.541. The highest BCUT2D eigenvalue weighted by Crippen LogP contribution is 2.61. The molecule has 176 valence electrons. The summed E-state index contributed by atoms with van der Waals surface area (Å²) in [6, 6.07) is 24.1. The Labute approximate surface area is 196 Å². The summed E-state index contributed by atoms with van der Waals surface area (Å²) < 4.78 is 52.5. The van der Waals surface area contributed by atoms with Gasteiger partial charge in [0.1, 0.15) is 18.1 Å². The van der Waals surface area contributed by atoms with Crippen LogP contribution in [0.3, 0.4) is 0 Å². The molecule has 4 rings (SSSR count). The Morgan fingerprint density at radius 1 is 0.912 bits per heavy atom. The average molecular weight is 466 g/mol. The van der Waals surface area contributed by atoms with Crippen LogP contribution in [-0.2, 0) is 16.1 Å². The number of halogens is 3. The van der Waals surface area contributed by atoms with E-state index in [1.807, 2.05) is 30.3 Å².